The Balaban J connectivity index is 2.19. The number of ether oxygens (including phenoxy) is 1. The van der Waals surface area contributed by atoms with Crippen molar-refractivity contribution in [3.63, 3.8) is 0 Å². The fraction of sp³-hybridized carbons (Fsp3) is 1.00. The van der Waals surface area contributed by atoms with Crippen LogP contribution in [0, 0.1) is 0 Å². The van der Waals surface area contributed by atoms with Crippen LogP contribution in [-0.2, 0) is 4.74 Å². The van der Waals surface area contributed by atoms with Gasteiger partial charge < -0.3 is 5.32 Å². The second-order valence-electron chi connectivity index (χ2n) is 3.80. The molecule has 90 valence electrons. The van der Waals surface area contributed by atoms with Crippen molar-refractivity contribution in [1.82, 2.24) is 10.2 Å². The Morgan fingerprint density at radius 1 is 1.47 bits per heavy atom. The average molecular weight is 226 g/mol. The lowest BCUT2D eigenvalue weighted by Gasteiger charge is -2.22. The van der Waals surface area contributed by atoms with Crippen LogP contribution in [0.1, 0.15) is 13.3 Å². The zero-order chi connectivity index (χ0) is 11.3. The minimum atomic E-state index is -4.50. The first-order chi connectivity index (χ1) is 6.97. The number of nitrogens with one attached hydrogen (secondary N) is 1. The Hall–Kier alpha value is -0.330. The SMILES string of the molecule is CC1CN(CCOC(F)(F)F)CCCN1. The molecule has 0 aliphatic carbocycles. The predicted molar refractivity (Wildman–Crippen MR) is 50.5 cm³/mol. The van der Waals surface area contributed by atoms with E-state index in [1.807, 2.05) is 11.8 Å². The minimum Gasteiger partial charge on any atom is -0.313 e. The Bertz CT molecular complexity index is 187. The summed E-state index contributed by atoms with van der Waals surface area (Å²) >= 11 is 0. The highest BCUT2D eigenvalue weighted by Crippen LogP contribution is 2.15. The van der Waals surface area contributed by atoms with Crippen LogP contribution in [-0.4, -0.2) is 50.1 Å². The summed E-state index contributed by atoms with van der Waals surface area (Å²) in [4.78, 5) is 2.00. The van der Waals surface area contributed by atoms with Crippen molar-refractivity contribution in [3.8, 4) is 0 Å². The van der Waals surface area contributed by atoms with Gasteiger partial charge in [-0.1, -0.05) is 0 Å². The third kappa shape index (κ3) is 5.96. The van der Waals surface area contributed by atoms with Crippen LogP contribution in [0.5, 0.6) is 0 Å². The summed E-state index contributed by atoms with van der Waals surface area (Å²) in [7, 11) is 0. The molecule has 0 saturated carbocycles. The molecule has 1 atom stereocenters. The predicted octanol–water partition coefficient (Wildman–Crippen LogP) is 1.21. The Morgan fingerprint density at radius 3 is 2.87 bits per heavy atom. The van der Waals surface area contributed by atoms with Crippen LogP contribution in [0.4, 0.5) is 13.2 Å². The molecule has 0 spiro atoms. The average Bonchev–Trinajstić information content (AvgIpc) is 2.27. The number of hydrogen-bond donors (Lipinski definition) is 1. The van der Waals surface area contributed by atoms with E-state index in [2.05, 4.69) is 10.1 Å². The first-order valence-corrected chi connectivity index (χ1v) is 5.14. The second kappa shape index (κ2) is 5.67. The molecule has 1 aliphatic rings. The first kappa shape index (κ1) is 12.7. The molecule has 0 bridgehead atoms. The van der Waals surface area contributed by atoms with E-state index in [9.17, 15) is 13.2 Å². The second-order valence-corrected chi connectivity index (χ2v) is 3.80. The van der Waals surface area contributed by atoms with Gasteiger partial charge in [0.15, 0.2) is 0 Å². The summed E-state index contributed by atoms with van der Waals surface area (Å²) in [5.41, 5.74) is 0. The van der Waals surface area contributed by atoms with Crippen LogP contribution >= 0.6 is 0 Å². The quantitative estimate of drug-likeness (QED) is 0.782. The molecular weight excluding hydrogens is 209 g/mol. The number of alkyl halides is 3. The smallest absolute Gasteiger partial charge is 0.313 e. The van der Waals surface area contributed by atoms with Crippen molar-refractivity contribution >= 4 is 0 Å². The molecule has 15 heavy (non-hydrogen) atoms. The van der Waals surface area contributed by atoms with Gasteiger partial charge in [-0.25, -0.2) is 0 Å². The van der Waals surface area contributed by atoms with Gasteiger partial charge in [0, 0.05) is 19.1 Å². The highest BCUT2D eigenvalue weighted by molar-refractivity contribution is 4.72. The first-order valence-electron chi connectivity index (χ1n) is 5.14. The zero-order valence-electron chi connectivity index (χ0n) is 8.81. The van der Waals surface area contributed by atoms with Crippen molar-refractivity contribution < 1.29 is 17.9 Å². The van der Waals surface area contributed by atoms with E-state index in [4.69, 9.17) is 0 Å². The highest BCUT2D eigenvalue weighted by Gasteiger charge is 2.29. The molecule has 0 aromatic heterocycles. The third-order valence-electron chi connectivity index (χ3n) is 2.35. The number of nitrogens with zero attached hydrogens (tertiary/aromatic N) is 1. The molecule has 0 aromatic rings. The van der Waals surface area contributed by atoms with Gasteiger partial charge in [-0.3, -0.25) is 9.64 Å². The Labute approximate surface area is 87.6 Å². The van der Waals surface area contributed by atoms with E-state index in [1.165, 1.54) is 0 Å². The molecular formula is C9H17F3N2O. The van der Waals surface area contributed by atoms with Crippen LogP contribution in [0.2, 0.25) is 0 Å². The lowest BCUT2D eigenvalue weighted by Crippen LogP contribution is -2.37. The molecule has 0 amide bonds. The largest absolute Gasteiger partial charge is 0.522 e. The van der Waals surface area contributed by atoms with E-state index in [1.54, 1.807) is 0 Å². The Kier molecular flexibility index (Phi) is 4.82. The Morgan fingerprint density at radius 2 is 2.20 bits per heavy atom. The van der Waals surface area contributed by atoms with Crippen LogP contribution in [0.25, 0.3) is 0 Å². The lowest BCUT2D eigenvalue weighted by molar-refractivity contribution is -0.325. The minimum absolute atomic E-state index is 0.282. The van der Waals surface area contributed by atoms with Crippen LogP contribution in [0.15, 0.2) is 0 Å². The maximum absolute atomic E-state index is 11.7. The molecule has 1 saturated heterocycles. The molecule has 1 unspecified atom stereocenters. The molecule has 1 rings (SSSR count). The van der Waals surface area contributed by atoms with Gasteiger partial charge in [0.05, 0.1) is 6.61 Å². The highest BCUT2D eigenvalue weighted by atomic mass is 19.4. The van der Waals surface area contributed by atoms with Gasteiger partial charge in [0.25, 0.3) is 0 Å². The van der Waals surface area contributed by atoms with Crippen LogP contribution in [0.3, 0.4) is 0 Å². The summed E-state index contributed by atoms with van der Waals surface area (Å²) in [5.74, 6) is 0. The van der Waals surface area contributed by atoms with Crippen LogP contribution < -0.4 is 5.32 Å². The van der Waals surface area contributed by atoms with E-state index >= 15 is 0 Å². The van der Waals surface area contributed by atoms with Gasteiger partial charge >= 0.3 is 6.36 Å². The number of halogens is 3. The van der Waals surface area contributed by atoms with E-state index in [0.717, 1.165) is 26.1 Å². The summed E-state index contributed by atoms with van der Waals surface area (Å²) in [6.45, 7) is 4.63. The van der Waals surface area contributed by atoms with Crippen molar-refractivity contribution in [3.05, 3.63) is 0 Å². The van der Waals surface area contributed by atoms with Crippen molar-refractivity contribution in [2.75, 3.05) is 32.8 Å². The molecule has 0 radical (unpaired) electrons. The van der Waals surface area contributed by atoms with E-state index in [0.29, 0.717) is 12.6 Å². The normalized spacial score (nSPS) is 25.2. The van der Waals surface area contributed by atoms with E-state index < -0.39 is 6.36 Å². The third-order valence-corrected chi connectivity index (χ3v) is 2.35. The summed E-state index contributed by atoms with van der Waals surface area (Å²) in [6, 6.07) is 0.332. The topological polar surface area (TPSA) is 24.5 Å². The van der Waals surface area contributed by atoms with Gasteiger partial charge in [-0.2, -0.15) is 0 Å². The van der Waals surface area contributed by atoms with Gasteiger partial charge in [0.1, 0.15) is 0 Å². The van der Waals surface area contributed by atoms with Crippen molar-refractivity contribution in [1.29, 1.82) is 0 Å². The molecule has 1 aliphatic heterocycles. The zero-order valence-corrected chi connectivity index (χ0v) is 8.81. The standard InChI is InChI=1S/C9H17F3N2O/c1-8-7-14(4-2-3-13-8)5-6-15-9(10,11)12/h8,13H,2-7H2,1H3. The molecule has 3 nitrogen and oxygen atoms in total. The van der Waals surface area contributed by atoms with Gasteiger partial charge in [-0.05, 0) is 26.4 Å². The molecule has 1 N–H and O–H groups in total. The fourth-order valence-corrected chi connectivity index (χ4v) is 1.69. The monoisotopic (exact) mass is 226 g/mol. The fourth-order valence-electron chi connectivity index (χ4n) is 1.69. The van der Waals surface area contributed by atoms with Crippen molar-refractivity contribution in [2.24, 2.45) is 0 Å². The van der Waals surface area contributed by atoms with Crippen molar-refractivity contribution in [2.45, 2.75) is 25.7 Å². The summed E-state index contributed by atoms with van der Waals surface area (Å²) < 4.78 is 38.9. The van der Waals surface area contributed by atoms with Gasteiger partial charge in [0.2, 0.25) is 0 Å². The molecule has 0 aromatic carbocycles. The van der Waals surface area contributed by atoms with Gasteiger partial charge in [-0.15, -0.1) is 13.2 Å². The lowest BCUT2D eigenvalue weighted by atomic mass is 10.3. The summed E-state index contributed by atoms with van der Waals surface area (Å²) in [6.07, 6.45) is -3.54. The number of rotatable bonds is 3. The van der Waals surface area contributed by atoms with E-state index in [-0.39, 0.29) is 6.61 Å². The maximum Gasteiger partial charge on any atom is 0.522 e. The molecule has 1 fully saturated rings. The number of hydrogen-bond acceptors (Lipinski definition) is 3. The maximum atomic E-state index is 11.7. The summed E-state index contributed by atoms with van der Waals surface area (Å²) in [5, 5.41) is 3.28. The molecule has 1 heterocycles. The molecule has 6 heteroatoms.